The van der Waals surface area contributed by atoms with Gasteiger partial charge in [0.1, 0.15) is 11.4 Å². The van der Waals surface area contributed by atoms with Crippen LogP contribution in [0, 0.1) is 30.9 Å². The number of anilines is 1. The number of nitro benzene ring substituents is 1. The van der Waals surface area contributed by atoms with Crippen LogP contribution in [0.3, 0.4) is 0 Å². The van der Waals surface area contributed by atoms with Gasteiger partial charge in [-0.25, -0.2) is 0 Å². The lowest BCUT2D eigenvalue weighted by Gasteiger charge is -2.13. The lowest BCUT2D eigenvalue weighted by Crippen LogP contribution is -2.09. The number of hydrazine groups is 1. The van der Waals surface area contributed by atoms with Crippen LogP contribution in [0.25, 0.3) is 0 Å². The summed E-state index contributed by atoms with van der Waals surface area (Å²) in [5.74, 6) is 6.08. The Balaban J connectivity index is 2.52. The average molecular weight is 287 g/mol. The summed E-state index contributed by atoms with van der Waals surface area (Å²) in [6.07, 6.45) is 0. The third-order valence-corrected chi connectivity index (χ3v) is 3.32. The van der Waals surface area contributed by atoms with Crippen molar-refractivity contribution < 1.29 is 9.66 Å². The third-order valence-electron chi connectivity index (χ3n) is 3.32. The third kappa shape index (κ3) is 2.95. The van der Waals surface area contributed by atoms with Crippen LogP contribution >= 0.6 is 0 Å². The molecule has 0 saturated carbocycles. The van der Waals surface area contributed by atoms with Crippen LogP contribution in [0.5, 0.6) is 11.5 Å². The van der Waals surface area contributed by atoms with E-state index in [2.05, 4.69) is 5.43 Å². The highest BCUT2D eigenvalue weighted by Crippen LogP contribution is 2.38. The number of nitrogen functional groups attached to an aromatic ring is 1. The van der Waals surface area contributed by atoms with Gasteiger partial charge in [0.05, 0.1) is 4.92 Å². The molecule has 0 amide bonds. The topological polar surface area (TPSA) is 90.4 Å². The van der Waals surface area contributed by atoms with Crippen LogP contribution in [0.4, 0.5) is 11.4 Å². The number of nitrogens with one attached hydrogen (secondary N) is 1. The van der Waals surface area contributed by atoms with E-state index in [0.29, 0.717) is 5.75 Å². The molecule has 0 fully saturated rings. The summed E-state index contributed by atoms with van der Waals surface area (Å²) in [6, 6.07) is 8.62. The number of rotatable bonds is 4. The van der Waals surface area contributed by atoms with Crippen molar-refractivity contribution in [2.24, 2.45) is 5.84 Å². The molecule has 3 N–H and O–H groups in total. The van der Waals surface area contributed by atoms with Gasteiger partial charge in [-0.1, -0.05) is 12.1 Å². The summed E-state index contributed by atoms with van der Waals surface area (Å²) < 4.78 is 5.77. The van der Waals surface area contributed by atoms with Crippen molar-refractivity contribution in [2.45, 2.75) is 20.8 Å². The van der Waals surface area contributed by atoms with Crippen molar-refractivity contribution in [3.8, 4) is 11.5 Å². The Labute approximate surface area is 122 Å². The van der Waals surface area contributed by atoms with Crippen molar-refractivity contribution in [1.82, 2.24) is 0 Å². The predicted molar refractivity (Wildman–Crippen MR) is 81.6 cm³/mol. The van der Waals surface area contributed by atoms with Gasteiger partial charge in [-0.05, 0) is 55.7 Å². The largest absolute Gasteiger partial charge is 0.450 e. The summed E-state index contributed by atoms with van der Waals surface area (Å²) in [6.45, 7) is 5.84. The second kappa shape index (κ2) is 5.80. The molecule has 0 unspecified atom stereocenters. The Hall–Kier alpha value is -2.60. The van der Waals surface area contributed by atoms with E-state index in [1.165, 1.54) is 6.07 Å². The summed E-state index contributed by atoms with van der Waals surface area (Å²) in [5.41, 5.74) is 5.39. The minimum absolute atomic E-state index is 0.156. The average Bonchev–Trinajstić information content (AvgIpc) is 2.43. The Morgan fingerprint density at radius 1 is 1.19 bits per heavy atom. The van der Waals surface area contributed by atoms with Crippen molar-refractivity contribution in [3.63, 3.8) is 0 Å². The molecule has 0 bridgehead atoms. The van der Waals surface area contributed by atoms with Gasteiger partial charge in [-0.3, -0.25) is 16.0 Å². The number of aryl methyl sites for hydroxylation is 2. The van der Waals surface area contributed by atoms with Gasteiger partial charge in [-0.15, -0.1) is 0 Å². The maximum Gasteiger partial charge on any atom is 0.335 e. The van der Waals surface area contributed by atoms with Gasteiger partial charge in [0.2, 0.25) is 5.75 Å². The summed E-state index contributed by atoms with van der Waals surface area (Å²) >= 11 is 0. The number of ether oxygens (including phenoxy) is 1. The lowest BCUT2D eigenvalue weighted by molar-refractivity contribution is -0.384. The first-order valence-corrected chi connectivity index (χ1v) is 6.43. The zero-order valence-electron chi connectivity index (χ0n) is 12.1. The standard InChI is InChI=1S/C15H17N3O3/c1-9-7-10(2)11(3)14(8-9)21-13-6-4-5-12(17-16)15(13)18(19)20/h4-8,17H,16H2,1-3H3. The first kappa shape index (κ1) is 14.8. The highest BCUT2D eigenvalue weighted by Gasteiger charge is 2.21. The van der Waals surface area contributed by atoms with E-state index in [1.54, 1.807) is 12.1 Å². The maximum atomic E-state index is 11.2. The molecule has 2 aromatic carbocycles. The second-order valence-corrected chi connectivity index (χ2v) is 4.86. The van der Waals surface area contributed by atoms with Crippen LogP contribution in [0.1, 0.15) is 16.7 Å². The fourth-order valence-electron chi connectivity index (χ4n) is 2.13. The van der Waals surface area contributed by atoms with Crippen LogP contribution in [-0.2, 0) is 0 Å². The van der Waals surface area contributed by atoms with Crippen LogP contribution in [0.2, 0.25) is 0 Å². The van der Waals surface area contributed by atoms with Crippen molar-refractivity contribution >= 4 is 11.4 Å². The van der Waals surface area contributed by atoms with Gasteiger partial charge >= 0.3 is 5.69 Å². The Morgan fingerprint density at radius 2 is 1.90 bits per heavy atom. The fourth-order valence-corrected chi connectivity index (χ4v) is 2.13. The van der Waals surface area contributed by atoms with E-state index in [-0.39, 0.29) is 17.1 Å². The second-order valence-electron chi connectivity index (χ2n) is 4.86. The minimum atomic E-state index is -0.511. The molecule has 6 nitrogen and oxygen atoms in total. The van der Waals surface area contributed by atoms with E-state index in [0.717, 1.165) is 16.7 Å². The SMILES string of the molecule is Cc1cc(C)c(C)c(Oc2cccc(NN)c2[N+](=O)[O-])c1. The highest BCUT2D eigenvalue weighted by atomic mass is 16.6. The quantitative estimate of drug-likeness (QED) is 0.509. The molecule has 0 aromatic heterocycles. The summed E-state index contributed by atoms with van der Waals surface area (Å²) in [7, 11) is 0. The Morgan fingerprint density at radius 3 is 2.52 bits per heavy atom. The van der Waals surface area contributed by atoms with Gasteiger partial charge in [0.15, 0.2) is 0 Å². The molecular weight excluding hydrogens is 270 g/mol. The molecule has 0 radical (unpaired) electrons. The van der Waals surface area contributed by atoms with Gasteiger partial charge in [0, 0.05) is 0 Å². The van der Waals surface area contributed by atoms with Crippen LogP contribution in [-0.4, -0.2) is 4.92 Å². The van der Waals surface area contributed by atoms with E-state index in [4.69, 9.17) is 10.6 Å². The molecule has 0 heterocycles. The van der Waals surface area contributed by atoms with Crippen LogP contribution in [0.15, 0.2) is 30.3 Å². The number of nitro groups is 1. The zero-order valence-corrected chi connectivity index (χ0v) is 12.1. The molecule has 21 heavy (non-hydrogen) atoms. The monoisotopic (exact) mass is 287 g/mol. The first-order valence-electron chi connectivity index (χ1n) is 6.43. The van der Waals surface area contributed by atoms with Crippen molar-refractivity contribution in [3.05, 3.63) is 57.1 Å². The van der Waals surface area contributed by atoms with E-state index >= 15 is 0 Å². The van der Waals surface area contributed by atoms with Crippen molar-refractivity contribution in [1.29, 1.82) is 0 Å². The predicted octanol–water partition coefficient (Wildman–Crippen LogP) is 3.60. The maximum absolute atomic E-state index is 11.2. The number of hydrogen-bond donors (Lipinski definition) is 2. The summed E-state index contributed by atoms with van der Waals surface area (Å²) in [5, 5.41) is 11.2. The lowest BCUT2D eigenvalue weighted by atomic mass is 10.1. The molecule has 0 atom stereocenters. The molecule has 6 heteroatoms. The Bertz CT molecular complexity index is 699. The van der Waals surface area contributed by atoms with Gasteiger partial charge in [0.25, 0.3) is 0 Å². The van der Waals surface area contributed by atoms with Crippen LogP contribution < -0.4 is 16.0 Å². The van der Waals surface area contributed by atoms with Gasteiger partial charge < -0.3 is 10.2 Å². The molecule has 0 spiro atoms. The number of benzene rings is 2. The van der Waals surface area contributed by atoms with E-state index < -0.39 is 4.92 Å². The molecule has 0 aliphatic rings. The normalized spacial score (nSPS) is 10.3. The molecule has 0 saturated heterocycles. The summed E-state index contributed by atoms with van der Waals surface area (Å²) in [4.78, 5) is 10.7. The first-order chi connectivity index (χ1) is 9.93. The number of para-hydroxylation sites is 1. The Kier molecular flexibility index (Phi) is 4.09. The number of nitrogens with two attached hydrogens (primary N) is 1. The van der Waals surface area contributed by atoms with E-state index in [1.807, 2.05) is 32.9 Å². The smallest absolute Gasteiger partial charge is 0.335 e. The van der Waals surface area contributed by atoms with Crippen molar-refractivity contribution in [2.75, 3.05) is 5.43 Å². The van der Waals surface area contributed by atoms with E-state index in [9.17, 15) is 10.1 Å². The fraction of sp³-hybridized carbons (Fsp3) is 0.200. The molecule has 2 aromatic rings. The highest BCUT2D eigenvalue weighted by molar-refractivity contribution is 5.68. The molecule has 110 valence electrons. The van der Waals surface area contributed by atoms with Gasteiger partial charge in [-0.2, -0.15) is 0 Å². The zero-order chi connectivity index (χ0) is 15.6. The number of nitrogens with zero attached hydrogens (tertiary/aromatic N) is 1. The molecule has 0 aliphatic heterocycles. The minimum Gasteiger partial charge on any atom is -0.450 e. The molecule has 2 rings (SSSR count). The molecular formula is C15H17N3O3. The number of hydrogen-bond acceptors (Lipinski definition) is 5. The molecule has 0 aliphatic carbocycles.